The van der Waals surface area contributed by atoms with Crippen molar-refractivity contribution in [2.75, 3.05) is 19.0 Å². The van der Waals surface area contributed by atoms with Crippen LogP contribution < -0.4 is 4.90 Å². The van der Waals surface area contributed by atoms with Gasteiger partial charge in [0.25, 0.3) is 0 Å². The first-order chi connectivity index (χ1) is 5.11. The van der Waals surface area contributed by atoms with Crippen molar-refractivity contribution in [3.8, 4) is 0 Å². The van der Waals surface area contributed by atoms with Gasteiger partial charge in [0.2, 0.25) is 0 Å². The fourth-order valence-electron chi connectivity index (χ4n) is 0.635. The highest BCUT2D eigenvalue weighted by Crippen LogP contribution is 2.20. The number of carbonyl (C=O) groups is 1. The lowest BCUT2D eigenvalue weighted by atomic mass is 10.5. The van der Waals surface area contributed by atoms with E-state index in [4.69, 9.17) is 0 Å². The molecule has 0 atom stereocenters. The van der Waals surface area contributed by atoms with Crippen molar-refractivity contribution in [3.63, 3.8) is 0 Å². The maximum Gasteiger partial charge on any atom is 0.188 e. The van der Waals surface area contributed by atoms with Crippen molar-refractivity contribution in [2.24, 2.45) is 0 Å². The summed E-state index contributed by atoms with van der Waals surface area (Å²) in [6.45, 7) is 1.53. The normalized spacial score (nSPS) is 9.73. The molecule has 0 bridgehead atoms. The minimum atomic E-state index is 0.0306. The van der Waals surface area contributed by atoms with Crippen LogP contribution in [0.4, 0.5) is 5.00 Å². The van der Waals surface area contributed by atoms with Gasteiger partial charge in [-0.05, 0) is 0 Å². The average Bonchev–Trinajstić information content (AvgIpc) is 2.33. The Hall–Kier alpha value is -0.900. The third-order valence-electron chi connectivity index (χ3n) is 1.24. The molecule has 4 heteroatoms. The fourth-order valence-corrected chi connectivity index (χ4v) is 1.37. The van der Waals surface area contributed by atoms with Gasteiger partial charge >= 0.3 is 0 Å². The number of hydrogen-bond donors (Lipinski definition) is 0. The molecule has 0 saturated carbocycles. The molecule has 0 spiro atoms. The largest absolute Gasteiger partial charge is 0.368 e. The van der Waals surface area contributed by atoms with Gasteiger partial charge in [-0.25, -0.2) is 4.98 Å². The molecule has 11 heavy (non-hydrogen) atoms. The predicted molar refractivity (Wildman–Crippen MR) is 46.4 cm³/mol. The Kier molecular flexibility index (Phi) is 2.24. The fraction of sp³-hybridized carbons (Fsp3) is 0.429. The highest BCUT2D eigenvalue weighted by molar-refractivity contribution is 7.17. The van der Waals surface area contributed by atoms with Crippen LogP contribution >= 0.6 is 11.3 Å². The van der Waals surface area contributed by atoms with Gasteiger partial charge in [0.15, 0.2) is 10.8 Å². The van der Waals surface area contributed by atoms with Gasteiger partial charge in [-0.3, -0.25) is 4.79 Å². The van der Waals surface area contributed by atoms with Crippen LogP contribution in [0.3, 0.4) is 0 Å². The lowest BCUT2D eigenvalue weighted by molar-refractivity contribution is 0.101. The summed E-state index contributed by atoms with van der Waals surface area (Å²) in [6, 6.07) is 0. The van der Waals surface area contributed by atoms with Gasteiger partial charge in [-0.2, -0.15) is 0 Å². The Morgan fingerprint density at radius 1 is 1.64 bits per heavy atom. The van der Waals surface area contributed by atoms with Crippen molar-refractivity contribution < 1.29 is 4.79 Å². The molecule has 0 radical (unpaired) electrons. The number of thiazole rings is 1. The van der Waals surface area contributed by atoms with Crippen molar-refractivity contribution in [3.05, 3.63) is 11.2 Å². The number of hydrogen-bond acceptors (Lipinski definition) is 4. The number of rotatable bonds is 2. The zero-order valence-electron chi connectivity index (χ0n) is 6.79. The van der Waals surface area contributed by atoms with Gasteiger partial charge < -0.3 is 4.90 Å². The van der Waals surface area contributed by atoms with Crippen LogP contribution in [0.5, 0.6) is 0 Å². The van der Waals surface area contributed by atoms with E-state index in [1.54, 1.807) is 6.20 Å². The second-order valence-corrected chi connectivity index (χ2v) is 3.46. The molecule has 0 unspecified atom stereocenters. The SMILES string of the molecule is CC(=O)c1ncc(N(C)C)s1. The molecule has 0 aliphatic carbocycles. The van der Waals surface area contributed by atoms with E-state index in [1.807, 2.05) is 19.0 Å². The van der Waals surface area contributed by atoms with Crippen LogP contribution in [-0.4, -0.2) is 24.9 Å². The molecule has 0 aliphatic rings. The Morgan fingerprint density at radius 3 is 2.55 bits per heavy atom. The predicted octanol–water partition coefficient (Wildman–Crippen LogP) is 1.41. The van der Waals surface area contributed by atoms with Gasteiger partial charge in [-0.15, -0.1) is 0 Å². The summed E-state index contributed by atoms with van der Waals surface area (Å²) >= 11 is 1.41. The van der Waals surface area contributed by atoms with Crippen molar-refractivity contribution in [1.29, 1.82) is 0 Å². The van der Waals surface area contributed by atoms with Crippen LogP contribution in [0.2, 0.25) is 0 Å². The first-order valence-electron chi connectivity index (χ1n) is 3.25. The van der Waals surface area contributed by atoms with E-state index in [1.165, 1.54) is 18.3 Å². The molecular weight excluding hydrogens is 160 g/mol. The maximum absolute atomic E-state index is 10.8. The average molecular weight is 170 g/mol. The summed E-state index contributed by atoms with van der Waals surface area (Å²) in [6.07, 6.45) is 1.71. The summed E-state index contributed by atoms with van der Waals surface area (Å²) in [5.41, 5.74) is 0. The molecule has 1 aromatic heterocycles. The Labute approximate surface area is 69.7 Å². The summed E-state index contributed by atoms with van der Waals surface area (Å²) in [4.78, 5) is 16.7. The second kappa shape index (κ2) is 3.00. The summed E-state index contributed by atoms with van der Waals surface area (Å²) < 4.78 is 0. The monoisotopic (exact) mass is 170 g/mol. The Bertz CT molecular complexity index is 267. The summed E-state index contributed by atoms with van der Waals surface area (Å²) in [5, 5.41) is 1.59. The van der Waals surface area contributed by atoms with E-state index in [0.29, 0.717) is 5.01 Å². The standard InChI is InChI=1S/C7H10N2OS/c1-5(10)7-8-4-6(11-7)9(2)3/h4H,1-3H3. The Morgan fingerprint density at radius 2 is 2.27 bits per heavy atom. The lowest BCUT2D eigenvalue weighted by Gasteiger charge is -2.05. The quantitative estimate of drug-likeness (QED) is 0.629. The maximum atomic E-state index is 10.8. The molecule has 60 valence electrons. The highest BCUT2D eigenvalue weighted by Gasteiger charge is 2.06. The van der Waals surface area contributed by atoms with E-state index in [2.05, 4.69) is 4.98 Å². The second-order valence-electron chi connectivity index (χ2n) is 2.45. The number of Topliss-reactive ketones (excluding diaryl/α,β-unsaturated/α-hetero) is 1. The molecule has 1 aromatic rings. The van der Waals surface area contributed by atoms with Crippen LogP contribution in [0, 0.1) is 0 Å². The number of ketones is 1. The van der Waals surface area contributed by atoms with Crippen LogP contribution in [0.15, 0.2) is 6.20 Å². The third-order valence-corrected chi connectivity index (χ3v) is 2.50. The van der Waals surface area contributed by atoms with Crippen LogP contribution in [-0.2, 0) is 0 Å². The molecule has 0 fully saturated rings. The van der Waals surface area contributed by atoms with E-state index >= 15 is 0 Å². The van der Waals surface area contributed by atoms with Gasteiger partial charge in [0, 0.05) is 21.0 Å². The number of aromatic nitrogens is 1. The zero-order chi connectivity index (χ0) is 8.43. The van der Waals surface area contributed by atoms with Crippen molar-refractivity contribution >= 4 is 22.1 Å². The van der Waals surface area contributed by atoms with Gasteiger partial charge in [0.05, 0.1) is 6.20 Å². The molecule has 3 nitrogen and oxygen atoms in total. The number of nitrogens with zero attached hydrogens (tertiary/aromatic N) is 2. The molecular formula is C7H10N2OS. The Balaban J connectivity index is 2.90. The smallest absolute Gasteiger partial charge is 0.188 e. The van der Waals surface area contributed by atoms with Gasteiger partial charge in [-0.1, -0.05) is 11.3 Å². The topological polar surface area (TPSA) is 33.2 Å². The molecule has 0 amide bonds. The molecule has 0 aliphatic heterocycles. The molecule has 0 N–H and O–H groups in total. The van der Waals surface area contributed by atoms with Crippen LogP contribution in [0.1, 0.15) is 16.7 Å². The molecule has 0 saturated heterocycles. The number of carbonyl (C=O) groups excluding carboxylic acids is 1. The summed E-state index contributed by atoms with van der Waals surface area (Å²) in [7, 11) is 3.86. The molecule has 1 rings (SSSR count). The van der Waals surface area contributed by atoms with Crippen LogP contribution in [0.25, 0.3) is 0 Å². The third kappa shape index (κ3) is 1.77. The van der Waals surface area contributed by atoms with Gasteiger partial charge in [0.1, 0.15) is 5.00 Å². The van der Waals surface area contributed by atoms with E-state index in [0.717, 1.165) is 5.00 Å². The first kappa shape index (κ1) is 8.20. The van der Waals surface area contributed by atoms with E-state index in [-0.39, 0.29) is 5.78 Å². The molecule has 1 heterocycles. The highest BCUT2D eigenvalue weighted by atomic mass is 32.1. The van der Waals surface area contributed by atoms with E-state index in [9.17, 15) is 4.79 Å². The molecule has 0 aromatic carbocycles. The van der Waals surface area contributed by atoms with Crippen molar-refractivity contribution in [2.45, 2.75) is 6.92 Å². The van der Waals surface area contributed by atoms with E-state index < -0.39 is 0 Å². The minimum Gasteiger partial charge on any atom is -0.368 e. The zero-order valence-corrected chi connectivity index (χ0v) is 7.60. The summed E-state index contributed by atoms with van der Waals surface area (Å²) in [5.74, 6) is 0.0306. The lowest BCUT2D eigenvalue weighted by Crippen LogP contribution is -2.05. The number of anilines is 1. The minimum absolute atomic E-state index is 0.0306. The first-order valence-corrected chi connectivity index (χ1v) is 4.07. The van der Waals surface area contributed by atoms with Crippen molar-refractivity contribution in [1.82, 2.24) is 4.98 Å².